The van der Waals surface area contributed by atoms with Crippen LogP contribution in [0.3, 0.4) is 0 Å². The normalized spacial score (nSPS) is 13.6. The maximum absolute atomic E-state index is 12.9. The monoisotopic (exact) mass is 359 g/mol. The lowest BCUT2D eigenvalue weighted by Gasteiger charge is -2.20. The number of aryl methyl sites for hydroxylation is 4. The minimum Gasteiger partial charge on any atom is -0.480 e. The van der Waals surface area contributed by atoms with Crippen LogP contribution in [0.5, 0.6) is 5.75 Å². The molecule has 4 rings (SSSR count). The largest absolute Gasteiger partial charge is 0.480 e. The number of rotatable bonds is 5. The molecule has 0 aliphatic heterocycles. The smallest absolute Gasteiger partial charge is 0.265 e. The quantitative estimate of drug-likeness (QED) is 0.667. The van der Waals surface area contributed by atoms with E-state index in [0.29, 0.717) is 6.42 Å². The van der Waals surface area contributed by atoms with Gasteiger partial charge in [0, 0.05) is 11.1 Å². The van der Waals surface area contributed by atoms with Crippen LogP contribution in [0.15, 0.2) is 48.5 Å². The van der Waals surface area contributed by atoms with Gasteiger partial charge in [-0.3, -0.25) is 4.79 Å². The molecular weight excluding hydrogens is 334 g/mol. The fraction of sp³-hybridized carbons (Fsp3) is 0.292. The molecule has 0 aromatic heterocycles. The van der Waals surface area contributed by atoms with E-state index in [9.17, 15) is 4.79 Å². The van der Waals surface area contributed by atoms with E-state index in [1.807, 2.05) is 39.0 Å². The van der Waals surface area contributed by atoms with Crippen LogP contribution in [0.1, 0.15) is 35.6 Å². The van der Waals surface area contributed by atoms with Crippen molar-refractivity contribution in [1.82, 2.24) is 0 Å². The molecule has 138 valence electrons. The summed E-state index contributed by atoms with van der Waals surface area (Å²) >= 11 is 0. The van der Waals surface area contributed by atoms with Gasteiger partial charge in [-0.25, -0.2) is 0 Å². The molecule has 0 unspecified atom stereocenters. The third-order valence-electron chi connectivity index (χ3n) is 5.41. The summed E-state index contributed by atoms with van der Waals surface area (Å²) in [6.45, 7) is 6.01. The Morgan fingerprint density at radius 3 is 2.63 bits per heavy atom. The summed E-state index contributed by atoms with van der Waals surface area (Å²) in [6, 6.07) is 16.6. The molecule has 0 radical (unpaired) electrons. The van der Waals surface area contributed by atoms with E-state index < -0.39 is 6.10 Å². The molecule has 3 aromatic carbocycles. The van der Waals surface area contributed by atoms with E-state index in [-0.39, 0.29) is 5.91 Å². The van der Waals surface area contributed by atoms with Gasteiger partial charge in [0.2, 0.25) is 0 Å². The number of ether oxygens (including phenoxy) is 1. The maximum atomic E-state index is 12.9. The molecule has 3 nitrogen and oxygen atoms in total. The molecule has 1 aliphatic rings. The van der Waals surface area contributed by atoms with Crippen LogP contribution in [-0.2, 0) is 17.6 Å². The summed E-state index contributed by atoms with van der Waals surface area (Å²) in [5.41, 5.74) is 5.77. The van der Waals surface area contributed by atoms with Gasteiger partial charge in [-0.15, -0.1) is 0 Å². The van der Waals surface area contributed by atoms with Crippen molar-refractivity contribution in [2.24, 2.45) is 0 Å². The Kier molecular flexibility index (Phi) is 4.61. The molecule has 0 spiro atoms. The first-order valence-electron chi connectivity index (χ1n) is 9.65. The molecule has 3 aromatic rings. The lowest BCUT2D eigenvalue weighted by molar-refractivity contribution is -0.122. The zero-order valence-corrected chi connectivity index (χ0v) is 16.1. The highest BCUT2D eigenvalue weighted by molar-refractivity contribution is 6.06. The van der Waals surface area contributed by atoms with Crippen molar-refractivity contribution in [3.8, 4) is 5.75 Å². The Labute approximate surface area is 160 Å². The highest BCUT2D eigenvalue weighted by Crippen LogP contribution is 2.35. The zero-order valence-electron chi connectivity index (χ0n) is 16.1. The number of nitrogens with one attached hydrogen (secondary N) is 1. The van der Waals surface area contributed by atoms with E-state index in [4.69, 9.17) is 4.74 Å². The number of carbonyl (C=O) groups excluding carboxylic acids is 1. The molecule has 3 heteroatoms. The molecule has 0 bridgehead atoms. The van der Waals surface area contributed by atoms with Crippen molar-refractivity contribution in [2.75, 3.05) is 5.32 Å². The van der Waals surface area contributed by atoms with Crippen LogP contribution in [0.2, 0.25) is 0 Å². The molecule has 1 atom stereocenters. The fourth-order valence-corrected chi connectivity index (χ4v) is 3.88. The van der Waals surface area contributed by atoms with Crippen molar-refractivity contribution in [2.45, 2.75) is 46.1 Å². The second kappa shape index (κ2) is 7.07. The first-order valence-corrected chi connectivity index (χ1v) is 9.65. The highest BCUT2D eigenvalue weighted by Gasteiger charge is 2.22. The number of anilines is 1. The lowest BCUT2D eigenvalue weighted by Crippen LogP contribution is -2.32. The Morgan fingerprint density at radius 1 is 1.07 bits per heavy atom. The van der Waals surface area contributed by atoms with Gasteiger partial charge < -0.3 is 10.1 Å². The van der Waals surface area contributed by atoms with Gasteiger partial charge in [0.15, 0.2) is 6.10 Å². The number of benzene rings is 3. The average molecular weight is 359 g/mol. The van der Waals surface area contributed by atoms with Gasteiger partial charge in [-0.1, -0.05) is 43.3 Å². The third kappa shape index (κ3) is 3.30. The first kappa shape index (κ1) is 17.6. The van der Waals surface area contributed by atoms with E-state index in [1.165, 1.54) is 16.5 Å². The second-order valence-electron chi connectivity index (χ2n) is 7.38. The summed E-state index contributed by atoms with van der Waals surface area (Å²) < 4.78 is 6.07. The van der Waals surface area contributed by atoms with Gasteiger partial charge >= 0.3 is 0 Å². The molecular formula is C24H25NO2. The van der Waals surface area contributed by atoms with Gasteiger partial charge in [-0.2, -0.15) is 0 Å². The van der Waals surface area contributed by atoms with Crippen LogP contribution in [0.25, 0.3) is 10.8 Å². The minimum absolute atomic E-state index is 0.0999. The van der Waals surface area contributed by atoms with Crippen molar-refractivity contribution < 1.29 is 9.53 Å². The van der Waals surface area contributed by atoms with Gasteiger partial charge in [0.05, 0.1) is 0 Å². The molecule has 0 saturated carbocycles. The van der Waals surface area contributed by atoms with Gasteiger partial charge in [0.25, 0.3) is 5.91 Å². The number of hydrogen-bond acceptors (Lipinski definition) is 2. The predicted molar refractivity (Wildman–Crippen MR) is 111 cm³/mol. The van der Waals surface area contributed by atoms with Gasteiger partial charge in [-0.05, 0) is 72.9 Å². The summed E-state index contributed by atoms with van der Waals surface area (Å²) in [7, 11) is 0. The van der Waals surface area contributed by atoms with Crippen LogP contribution in [-0.4, -0.2) is 12.0 Å². The van der Waals surface area contributed by atoms with E-state index >= 15 is 0 Å². The van der Waals surface area contributed by atoms with Crippen molar-refractivity contribution in [3.63, 3.8) is 0 Å². The van der Waals surface area contributed by atoms with Gasteiger partial charge in [0.1, 0.15) is 5.75 Å². The van der Waals surface area contributed by atoms with Crippen molar-refractivity contribution in [3.05, 3.63) is 70.8 Å². The predicted octanol–water partition coefficient (Wildman–Crippen LogP) is 5.35. The number of amides is 1. The Morgan fingerprint density at radius 2 is 1.85 bits per heavy atom. The average Bonchev–Trinajstić information content (AvgIpc) is 3.09. The van der Waals surface area contributed by atoms with Crippen LogP contribution < -0.4 is 10.1 Å². The Hall–Kier alpha value is -2.81. The molecule has 1 aliphatic carbocycles. The van der Waals surface area contributed by atoms with Crippen LogP contribution in [0.4, 0.5) is 5.69 Å². The van der Waals surface area contributed by atoms with Crippen molar-refractivity contribution >= 4 is 22.4 Å². The van der Waals surface area contributed by atoms with Crippen LogP contribution >= 0.6 is 0 Å². The third-order valence-corrected chi connectivity index (χ3v) is 5.41. The lowest BCUT2D eigenvalue weighted by atomic mass is 10.0. The molecule has 0 saturated heterocycles. The first-order chi connectivity index (χ1) is 13.1. The summed E-state index contributed by atoms with van der Waals surface area (Å²) in [4.78, 5) is 12.9. The van der Waals surface area contributed by atoms with E-state index in [2.05, 4.69) is 35.6 Å². The SMILES string of the molecule is CC[C@H](Oc1cc(C)ccc1C)C(=O)Nc1ccc2c3c(cccc13)CC2. The molecule has 1 N–H and O–H groups in total. The topological polar surface area (TPSA) is 38.3 Å². The zero-order chi connectivity index (χ0) is 19.0. The molecule has 0 fully saturated rings. The molecule has 27 heavy (non-hydrogen) atoms. The second-order valence-corrected chi connectivity index (χ2v) is 7.38. The maximum Gasteiger partial charge on any atom is 0.265 e. The highest BCUT2D eigenvalue weighted by atomic mass is 16.5. The summed E-state index contributed by atoms with van der Waals surface area (Å²) in [5, 5.41) is 5.54. The van der Waals surface area contributed by atoms with E-state index in [0.717, 1.165) is 40.8 Å². The summed E-state index contributed by atoms with van der Waals surface area (Å²) in [5.74, 6) is 0.675. The Bertz CT molecular complexity index is 1010. The summed E-state index contributed by atoms with van der Waals surface area (Å²) in [6.07, 6.45) is 2.25. The van der Waals surface area contributed by atoms with Crippen molar-refractivity contribution in [1.29, 1.82) is 0 Å². The Balaban J connectivity index is 1.60. The van der Waals surface area contributed by atoms with Crippen LogP contribution in [0, 0.1) is 13.8 Å². The number of carbonyl (C=O) groups is 1. The standard InChI is InChI=1S/C24H25NO2/c1-4-21(27-22-14-15(2)8-9-16(22)3)24(26)25-20-13-12-18-11-10-17-6-5-7-19(20)23(17)18/h5-9,12-14,21H,4,10-11H2,1-3H3,(H,25,26)/t21-/m0/s1. The fourth-order valence-electron chi connectivity index (χ4n) is 3.88. The molecule has 0 heterocycles. The van der Waals surface area contributed by atoms with E-state index in [1.54, 1.807) is 0 Å². The minimum atomic E-state index is -0.520. The molecule has 1 amide bonds. The number of hydrogen-bond donors (Lipinski definition) is 1.